The van der Waals surface area contributed by atoms with E-state index in [1.54, 1.807) is 28.9 Å². The number of aromatic nitrogens is 2. The van der Waals surface area contributed by atoms with E-state index in [1.165, 1.54) is 0 Å². The smallest absolute Gasteiger partial charge is 0.335 e. The first-order chi connectivity index (χ1) is 8.93. The number of hydrogen-bond donors (Lipinski definition) is 1. The third kappa shape index (κ3) is 2.33. The molecule has 2 rings (SSSR count). The van der Waals surface area contributed by atoms with Crippen LogP contribution in [-0.2, 0) is 21.4 Å². The molecule has 1 N–H and O–H groups in total. The zero-order valence-electron chi connectivity index (χ0n) is 11.1. The highest BCUT2D eigenvalue weighted by atomic mass is 16.5. The summed E-state index contributed by atoms with van der Waals surface area (Å²) in [6.07, 6.45) is 0.502. The predicted molar refractivity (Wildman–Crippen MR) is 65.3 cm³/mol. The normalized spacial score (nSPS) is 24.0. The molecule has 0 bridgehead atoms. The summed E-state index contributed by atoms with van der Waals surface area (Å²) in [4.78, 5) is 24.9. The number of carboxylic acids is 1. The fourth-order valence-corrected chi connectivity index (χ4v) is 2.42. The zero-order valence-corrected chi connectivity index (χ0v) is 11.1. The van der Waals surface area contributed by atoms with Gasteiger partial charge in [-0.05, 0) is 19.9 Å². The largest absolute Gasteiger partial charge is 0.479 e. The minimum Gasteiger partial charge on any atom is -0.479 e. The minimum absolute atomic E-state index is 0.113. The van der Waals surface area contributed by atoms with Crippen molar-refractivity contribution in [2.75, 3.05) is 6.61 Å². The number of ether oxygens (including phenoxy) is 1. The topological polar surface area (TPSA) is 84.7 Å². The Balaban J connectivity index is 2.47. The van der Waals surface area contributed by atoms with Crippen LogP contribution in [0.2, 0.25) is 0 Å². The molecular formula is C12H17N3O4. The van der Waals surface area contributed by atoms with Crippen molar-refractivity contribution in [1.82, 2.24) is 14.7 Å². The highest BCUT2D eigenvalue weighted by Crippen LogP contribution is 2.31. The second kappa shape index (κ2) is 5.00. The van der Waals surface area contributed by atoms with Gasteiger partial charge in [-0.2, -0.15) is 5.10 Å². The fourth-order valence-electron chi connectivity index (χ4n) is 2.42. The van der Waals surface area contributed by atoms with Crippen LogP contribution in [0.4, 0.5) is 0 Å². The van der Waals surface area contributed by atoms with Crippen LogP contribution in [-0.4, -0.2) is 50.4 Å². The number of morpholine rings is 1. The van der Waals surface area contributed by atoms with E-state index < -0.39 is 18.1 Å². The van der Waals surface area contributed by atoms with Crippen LogP contribution in [0.5, 0.6) is 0 Å². The lowest BCUT2D eigenvalue weighted by molar-refractivity contribution is -0.175. The minimum atomic E-state index is -1.08. The average Bonchev–Trinajstić information content (AvgIpc) is 2.73. The van der Waals surface area contributed by atoms with Gasteiger partial charge in [0.05, 0.1) is 5.69 Å². The molecular weight excluding hydrogens is 250 g/mol. The Hall–Kier alpha value is -1.89. The Bertz CT molecular complexity index is 497. The van der Waals surface area contributed by atoms with E-state index in [0.29, 0.717) is 5.69 Å². The number of carbonyl (C=O) groups is 2. The van der Waals surface area contributed by atoms with Crippen molar-refractivity contribution in [1.29, 1.82) is 0 Å². The third-order valence-corrected chi connectivity index (χ3v) is 3.22. The van der Waals surface area contributed by atoms with Gasteiger partial charge >= 0.3 is 5.97 Å². The maximum atomic E-state index is 12.0. The summed E-state index contributed by atoms with van der Waals surface area (Å²) in [5.74, 6) is -1.29. The van der Waals surface area contributed by atoms with Gasteiger partial charge in [0.1, 0.15) is 12.6 Å². The molecule has 1 amide bonds. The van der Waals surface area contributed by atoms with Gasteiger partial charge in [0.25, 0.3) is 0 Å². The van der Waals surface area contributed by atoms with E-state index >= 15 is 0 Å². The molecule has 1 aromatic rings. The SMILES string of the molecule is CC(C)N1C(=O)COC(C(=O)O)C1c1ccnn1C. The van der Waals surface area contributed by atoms with Gasteiger partial charge in [-0.3, -0.25) is 9.48 Å². The third-order valence-electron chi connectivity index (χ3n) is 3.22. The first-order valence-electron chi connectivity index (χ1n) is 6.07. The highest BCUT2D eigenvalue weighted by Gasteiger charge is 2.44. The molecule has 0 aliphatic carbocycles. The monoisotopic (exact) mass is 267 g/mol. The zero-order chi connectivity index (χ0) is 14.2. The van der Waals surface area contributed by atoms with Crippen molar-refractivity contribution in [3.63, 3.8) is 0 Å². The van der Waals surface area contributed by atoms with Gasteiger partial charge in [0, 0.05) is 19.3 Å². The second-order valence-electron chi connectivity index (χ2n) is 4.79. The molecule has 104 valence electrons. The number of aryl methyl sites for hydroxylation is 1. The number of amides is 1. The van der Waals surface area contributed by atoms with E-state index in [2.05, 4.69) is 5.10 Å². The van der Waals surface area contributed by atoms with Crippen molar-refractivity contribution in [2.24, 2.45) is 7.05 Å². The standard InChI is InChI=1S/C12H17N3O4/c1-7(2)15-9(16)6-19-11(12(17)18)10(15)8-4-5-13-14(8)3/h4-5,7,10-11H,6H2,1-3H3,(H,17,18). The molecule has 2 atom stereocenters. The molecule has 1 aliphatic heterocycles. The van der Waals surface area contributed by atoms with E-state index in [0.717, 1.165) is 0 Å². The van der Waals surface area contributed by atoms with E-state index in [9.17, 15) is 14.7 Å². The number of aliphatic carboxylic acids is 1. The van der Waals surface area contributed by atoms with Crippen LogP contribution < -0.4 is 0 Å². The Morgan fingerprint density at radius 1 is 1.58 bits per heavy atom. The van der Waals surface area contributed by atoms with E-state index in [-0.39, 0.29) is 18.6 Å². The van der Waals surface area contributed by atoms with E-state index in [4.69, 9.17) is 4.74 Å². The van der Waals surface area contributed by atoms with Crippen molar-refractivity contribution in [3.05, 3.63) is 18.0 Å². The summed E-state index contributed by atoms with van der Waals surface area (Å²) >= 11 is 0. The summed E-state index contributed by atoms with van der Waals surface area (Å²) in [6.45, 7) is 3.50. The van der Waals surface area contributed by atoms with Crippen LogP contribution >= 0.6 is 0 Å². The maximum absolute atomic E-state index is 12.0. The molecule has 1 aromatic heterocycles. The van der Waals surface area contributed by atoms with Gasteiger partial charge in [-0.15, -0.1) is 0 Å². The molecule has 0 aromatic carbocycles. The van der Waals surface area contributed by atoms with Gasteiger partial charge in [0.2, 0.25) is 5.91 Å². The Morgan fingerprint density at radius 3 is 2.74 bits per heavy atom. The summed E-state index contributed by atoms with van der Waals surface area (Å²) in [5.41, 5.74) is 0.647. The molecule has 0 spiro atoms. The first kappa shape index (κ1) is 13.5. The quantitative estimate of drug-likeness (QED) is 0.844. The molecule has 1 aliphatic rings. The molecule has 2 unspecified atom stereocenters. The maximum Gasteiger partial charge on any atom is 0.335 e. The number of carbonyl (C=O) groups excluding carboxylic acids is 1. The summed E-state index contributed by atoms with van der Waals surface area (Å²) in [6, 6.07) is 0.933. The Labute approximate surface area is 110 Å². The van der Waals surface area contributed by atoms with Crippen molar-refractivity contribution >= 4 is 11.9 Å². The van der Waals surface area contributed by atoms with Crippen molar-refractivity contribution in [2.45, 2.75) is 32.0 Å². The molecule has 0 saturated carbocycles. The summed E-state index contributed by atoms with van der Waals surface area (Å²) in [7, 11) is 1.71. The molecule has 7 heteroatoms. The Kier molecular flexibility index (Phi) is 3.57. The predicted octanol–water partition coefficient (Wildman–Crippen LogP) is 0.182. The van der Waals surface area contributed by atoms with Gasteiger partial charge < -0.3 is 14.7 Å². The molecule has 2 heterocycles. The number of nitrogens with zero attached hydrogens (tertiary/aromatic N) is 3. The van der Waals surface area contributed by atoms with Crippen LogP contribution in [0.15, 0.2) is 12.3 Å². The number of rotatable bonds is 3. The van der Waals surface area contributed by atoms with Gasteiger partial charge in [-0.25, -0.2) is 4.79 Å². The lowest BCUT2D eigenvalue weighted by atomic mass is 10.0. The summed E-state index contributed by atoms with van der Waals surface area (Å²) < 4.78 is 6.76. The van der Waals surface area contributed by atoms with E-state index in [1.807, 2.05) is 13.8 Å². The van der Waals surface area contributed by atoms with Gasteiger partial charge in [0.15, 0.2) is 6.10 Å². The second-order valence-corrected chi connectivity index (χ2v) is 4.79. The number of carboxylic acid groups (broad SMARTS) is 1. The highest BCUT2D eigenvalue weighted by molar-refractivity contribution is 5.83. The number of hydrogen-bond acceptors (Lipinski definition) is 4. The van der Waals surface area contributed by atoms with Crippen LogP contribution in [0.3, 0.4) is 0 Å². The molecule has 19 heavy (non-hydrogen) atoms. The van der Waals surface area contributed by atoms with Crippen LogP contribution in [0, 0.1) is 0 Å². The lowest BCUT2D eigenvalue weighted by Gasteiger charge is -2.41. The van der Waals surface area contributed by atoms with Crippen LogP contribution in [0.1, 0.15) is 25.6 Å². The van der Waals surface area contributed by atoms with Crippen molar-refractivity contribution in [3.8, 4) is 0 Å². The lowest BCUT2D eigenvalue weighted by Crippen LogP contribution is -2.54. The summed E-state index contributed by atoms with van der Waals surface area (Å²) in [5, 5.41) is 13.3. The molecule has 0 radical (unpaired) electrons. The van der Waals surface area contributed by atoms with Crippen molar-refractivity contribution < 1.29 is 19.4 Å². The first-order valence-corrected chi connectivity index (χ1v) is 6.07. The molecule has 1 fully saturated rings. The van der Waals surface area contributed by atoms with Gasteiger partial charge in [-0.1, -0.05) is 0 Å². The fraction of sp³-hybridized carbons (Fsp3) is 0.583. The van der Waals surface area contributed by atoms with Crippen LogP contribution in [0.25, 0.3) is 0 Å². The average molecular weight is 267 g/mol. The Morgan fingerprint density at radius 2 is 2.26 bits per heavy atom. The molecule has 7 nitrogen and oxygen atoms in total. The molecule has 1 saturated heterocycles.